The Hall–Kier alpha value is -4.54. The van der Waals surface area contributed by atoms with E-state index in [0.29, 0.717) is 41.7 Å². The number of carbonyl (C=O) groups excluding carboxylic acids is 1. The predicted octanol–water partition coefficient (Wildman–Crippen LogP) is 7.78. The van der Waals surface area contributed by atoms with Gasteiger partial charge in [-0.05, 0) is 96.3 Å². The van der Waals surface area contributed by atoms with Gasteiger partial charge in [-0.3, -0.25) is 4.79 Å². The molecule has 6 nitrogen and oxygen atoms in total. The van der Waals surface area contributed by atoms with Gasteiger partial charge in [0.15, 0.2) is 11.5 Å². The Morgan fingerprint density at radius 3 is 2.23 bits per heavy atom. The van der Waals surface area contributed by atoms with Crippen molar-refractivity contribution >= 4 is 33.6 Å². The van der Waals surface area contributed by atoms with Crippen LogP contribution in [0.25, 0.3) is 6.08 Å². The van der Waals surface area contributed by atoms with Crippen LogP contribution in [0.4, 0.5) is 5.69 Å². The topological polar surface area (TPSA) is 80.6 Å². The smallest absolute Gasteiger partial charge is 0.266 e. The quantitative estimate of drug-likeness (QED) is 0.149. The average molecular weight is 598 g/mol. The van der Waals surface area contributed by atoms with Gasteiger partial charge in [0.05, 0.1) is 7.11 Å². The van der Waals surface area contributed by atoms with Gasteiger partial charge in [-0.25, -0.2) is 0 Å². The predicted molar refractivity (Wildman–Crippen MR) is 160 cm³/mol. The van der Waals surface area contributed by atoms with Crippen LogP contribution in [-0.2, 0) is 18.0 Å². The maximum Gasteiger partial charge on any atom is 0.266 e. The summed E-state index contributed by atoms with van der Waals surface area (Å²) in [6, 6.07) is 28.4. The molecule has 0 saturated carbocycles. The van der Waals surface area contributed by atoms with Gasteiger partial charge in [-0.1, -0.05) is 52.3 Å². The van der Waals surface area contributed by atoms with Crippen molar-refractivity contribution in [3.63, 3.8) is 0 Å². The first kappa shape index (κ1) is 28.5. The number of nitriles is 1. The summed E-state index contributed by atoms with van der Waals surface area (Å²) < 4.78 is 18.3. The van der Waals surface area contributed by atoms with E-state index < -0.39 is 5.91 Å². The highest BCUT2D eigenvalue weighted by molar-refractivity contribution is 9.10. The monoisotopic (exact) mass is 596 g/mol. The van der Waals surface area contributed by atoms with Gasteiger partial charge in [0, 0.05) is 10.2 Å². The lowest BCUT2D eigenvalue weighted by atomic mass is 10.1. The summed E-state index contributed by atoms with van der Waals surface area (Å²) in [5.41, 5.74) is 5.68. The summed E-state index contributed by atoms with van der Waals surface area (Å²) >= 11 is 3.42. The molecule has 0 atom stereocenters. The second-order valence-corrected chi connectivity index (χ2v) is 10.1. The second-order valence-electron chi connectivity index (χ2n) is 9.18. The molecule has 0 saturated heterocycles. The second kappa shape index (κ2) is 13.5. The van der Waals surface area contributed by atoms with E-state index in [1.165, 1.54) is 17.2 Å². The van der Waals surface area contributed by atoms with Crippen LogP contribution in [0.3, 0.4) is 0 Å². The minimum Gasteiger partial charge on any atom is -0.493 e. The van der Waals surface area contributed by atoms with Crippen LogP contribution in [0.15, 0.2) is 95.0 Å². The number of nitrogens with one attached hydrogen (secondary N) is 1. The molecule has 0 heterocycles. The molecule has 0 spiro atoms. The fraction of sp³-hybridized carbons (Fsp3) is 0.152. The fourth-order valence-electron chi connectivity index (χ4n) is 3.84. The number of carbonyl (C=O) groups is 1. The van der Waals surface area contributed by atoms with Crippen molar-refractivity contribution in [2.75, 3.05) is 12.4 Å². The molecular formula is C33H29BrN2O4. The number of aryl methyl sites for hydroxylation is 2. The van der Waals surface area contributed by atoms with Crippen molar-refractivity contribution in [2.24, 2.45) is 0 Å². The SMILES string of the molecule is COc1cc(/C=C(\C#N)C(=O)Nc2ccc(OCc3ccc(Br)cc3)cc2)ccc1OCc1ccc(C)c(C)c1. The molecule has 0 bridgehead atoms. The van der Waals surface area contributed by atoms with Gasteiger partial charge in [0.1, 0.15) is 30.6 Å². The highest BCUT2D eigenvalue weighted by Gasteiger charge is 2.12. The lowest BCUT2D eigenvalue weighted by Crippen LogP contribution is -2.13. The van der Waals surface area contributed by atoms with Crippen LogP contribution in [0.2, 0.25) is 0 Å². The van der Waals surface area contributed by atoms with Gasteiger partial charge in [0.25, 0.3) is 5.91 Å². The zero-order chi connectivity index (χ0) is 28.5. The number of benzene rings is 4. The molecule has 4 aromatic carbocycles. The van der Waals surface area contributed by atoms with Gasteiger partial charge in [-0.2, -0.15) is 5.26 Å². The minimum absolute atomic E-state index is 0.0404. The first-order valence-corrected chi connectivity index (χ1v) is 13.4. The Kier molecular flexibility index (Phi) is 9.61. The third-order valence-electron chi connectivity index (χ3n) is 6.26. The van der Waals surface area contributed by atoms with Crippen molar-refractivity contribution in [1.82, 2.24) is 0 Å². The molecule has 0 aliphatic heterocycles. The third-order valence-corrected chi connectivity index (χ3v) is 6.79. The fourth-order valence-corrected chi connectivity index (χ4v) is 4.11. The third kappa shape index (κ3) is 7.75. The first-order valence-electron chi connectivity index (χ1n) is 12.6. The number of halogens is 1. The van der Waals surface area contributed by atoms with E-state index in [9.17, 15) is 10.1 Å². The number of methoxy groups -OCH3 is 1. The van der Waals surface area contributed by atoms with Crippen molar-refractivity contribution < 1.29 is 19.0 Å². The molecule has 1 N–H and O–H groups in total. The molecule has 0 fully saturated rings. The highest BCUT2D eigenvalue weighted by Crippen LogP contribution is 2.30. The van der Waals surface area contributed by atoms with Crippen LogP contribution in [0.1, 0.15) is 27.8 Å². The molecule has 7 heteroatoms. The summed E-state index contributed by atoms with van der Waals surface area (Å²) in [5.74, 6) is 1.24. The first-order chi connectivity index (χ1) is 19.3. The molecule has 4 aromatic rings. The molecule has 0 radical (unpaired) electrons. The van der Waals surface area contributed by atoms with Crippen molar-refractivity contribution in [3.05, 3.63) is 123 Å². The Balaban J connectivity index is 1.38. The molecular weight excluding hydrogens is 568 g/mol. The summed E-state index contributed by atoms with van der Waals surface area (Å²) in [6.45, 7) is 4.97. The normalized spacial score (nSPS) is 10.9. The summed E-state index contributed by atoms with van der Waals surface area (Å²) in [5, 5.41) is 12.4. The van der Waals surface area contributed by atoms with E-state index in [0.717, 1.165) is 15.6 Å². The van der Waals surface area contributed by atoms with E-state index in [2.05, 4.69) is 47.2 Å². The molecule has 0 unspecified atom stereocenters. The molecule has 4 rings (SSSR count). The summed E-state index contributed by atoms with van der Waals surface area (Å²) in [7, 11) is 1.55. The Morgan fingerprint density at radius 1 is 0.850 bits per heavy atom. The van der Waals surface area contributed by atoms with Gasteiger partial charge < -0.3 is 19.5 Å². The summed E-state index contributed by atoms with van der Waals surface area (Å²) in [6.07, 6.45) is 1.51. The number of hydrogen-bond acceptors (Lipinski definition) is 5. The Morgan fingerprint density at radius 2 is 1.55 bits per heavy atom. The Labute approximate surface area is 243 Å². The standard InChI is InChI=1S/C33H29BrN2O4/c1-22-4-5-26(16-23(22)2)21-40-31-15-8-25(18-32(31)38-3)17-27(19-35)33(37)36-29-11-13-30(14-12-29)39-20-24-6-9-28(34)10-7-24/h4-18H,20-21H2,1-3H3,(H,36,37)/b27-17+. The maximum absolute atomic E-state index is 12.8. The maximum atomic E-state index is 12.8. The van der Waals surface area contributed by atoms with Crippen LogP contribution in [0.5, 0.6) is 17.2 Å². The van der Waals surface area contributed by atoms with Crippen LogP contribution < -0.4 is 19.5 Å². The van der Waals surface area contributed by atoms with Crippen molar-refractivity contribution in [3.8, 4) is 23.3 Å². The van der Waals surface area contributed by atoms with E-state index in [1.54, 1.807) is 49.6 Å². The molecule has 0 aliphatic carbocycles. The van der Waals surface area contributed by atoms with Gasteiger partial charge >= 0.3 is 0 Å². The van der Waals surface area contributed by atoms with Crippen LogP contribution in [0, 0.1) is 25.2 Å². The molecule has 0 aromatic heterocycles. The zero-order valence-electron chi connectivity index (χ0n) is 22.5. The summed E-state index contributed by atoms with van der Waals surface area (Å²) in [4.78, 5) is 12.8. The van der Waals surface area contributed by atoms with E-state index in [-0.39, 0.29) is 5.57 Å². The van der Waals surface area contributed by atoms with Crippen molar-refractivity contribution in [2.45, 2.75) is 27.1 Å². The number of nitrogens with zero attached hydrogens (tertiary/aromatic N) is 1. The van der Waals surface area contributed by atoms with E-state index >= 15 is 0 Å². The number of hydrogen-bond donors (Lipinski definition) is 1. The largest absolute Gasteiger partial charge is 0.493 e. The highest BCUT2D eigenvalue weighted by atomic mass is 79.9. The number of rotatable bonds is 10. The number of ether oxygens (including phenoxy) is 3. The van der Waals surface area contributed by atoms with Gasteiger partial charge in [-0.15, -0.1) is 0 Å². The van der Waals surface area contributed by atoms with E-state index in [1.807, 2.05) is 36.4 Å². The Bertz CT molecular complexity index is 1560. The van der Waals surface area contributed by atoms with Crippen LogP contribution >= 0.6 is 15.9 Å². The number of anilines is 1. The molecule has 1 amide bonds. The number of amides is 1. The minimum atomic E-state index is -0.514. The lowest BCUT2D eigenvalue weighted by molar-refractivity contribution is -0.112. The van der Waals surface area contributed by atoms with Crippen molar-refractivity contribution in [1.29, 1.82) is 5.26 Å². The van der Waals surface area contributed by atoms with Gasteiger partial charge in [0.2, 0.25) is 0 Å². The molecule has 0 aliphatic rings. The zero-order valence-corrected chi connectivity index (χ0v) is 24.1. The lowest BCUT2D eigenvalue weighted by Gasteiger charge is -2.12. The molecule has 202 valence electrons. The average Bonchev–Trinajstić information content (AvgIpc) is 2.97. The molecule has 40 heavy (non-hydrogen) atoms. The van der Waals surface area contributed by atoms with E-state index in [4.69, 9.17) is 14.2 Å². The van der Waals surface area contributed by atoms with Crippen LogP contribution in [-0.4, -0.2) is 13.0 Å².